The van der Waals surface area contributed by atoms with E-state index in [1.54, 1.807) is 14.2 Å². The van der Waals surface area contributed by atoms with Gasteiger partial charge in [0.05, 0.1) is 14.2 Å². The Bertz CT molecular complexity index is 443. The van der Waals surface area contributed by atoms with Gasteiger partial charge in [0.1, 0.15) is 0 Å². The highest BCUT2D eigenvalue weighted by Crippen LogP contribution is 2.32. The summed E-state index contributed by atoms with van der Waals surface area (Å²) in [5, 5.41) is 0. The van der Waals surface area contributed by atoms with E-state index in [9.17, 15) is 0 Å². The third kappa shape index (κ3) is 2.59. The van der Waals surface area contributed by atoms with Crippen LogP contribution in [0.1, 0.15) is 6.42 Å². The molecule has 0 atom stereocenters. The minimum atomic E-state index is 0.666. The smallest absolute Gasteiger partial charge is 0.162 e. The lowest BCUT2D eigenvalue weighted by Crippen LogP contribution is -2.29. The number of anilines is 1. The lowest BCUT2D eigenvalue weighted by molar-refractivity contribution is 0.355. The maximum Gasteiger partial charge on any atom is 0.162 e. The van der Waals surface area contributed by atoms with Gasteiger partial charge in [-0.15, -0.1) is 0 Å². The topological polar surface area (TPSA) is 47.7 Å². The van der Waals surface area contributed by atoms with Gasteiger partial charge in [-0.1, -0.05) is 11.6 Å². The van der Waals surface area contributed by atoms with Crippen LogP contribution in [0, 0.1) is 0 Å². The fourth-order valence-electron chi connectivity index (χ4n) is 2.15. The third-order valence-electron chi connectivity index (χ3n) is 3.30. The molecular formula is C14H20N2O2. The molecule has 0 saturated heterocycles. The first-order chi connectivity index (χ1) is 8.78. The molecule has 4 heteroatoms. The highest BCUT2D eigenvalue weighted by Gasteiger charge is 2.13. The van der Waals surface area contributed by atoms with E-state index in [4.69, 9.17) is 15.2 Å². The SMILES string of the molecule is COc1ccc(N2CC=C(CN)CC2)cc1OC. The molecule has 1 heterocycles. The van der Waals surface area contributed by atoms with E-state index >= 15 is 0 Å². The fourth-order valence-corrected chi connectivity index (χ4v) is 2.15. The summed E-state index contributed by atoms with van der Waals surface area (Å²) < 4.78 is 10.6. The first-order valence-electron chi connectivity index (χ1n) is 6.13. The second-order valence-corrected chi connectivity index (χ2v) is 4.30. The zero-order valence-electron chi connectivity index (χ0n) is 11.0. The molecule has 1 aromatic carbocycles. The summed E-state index contributed by atoms with van der Waals surface area (Å²) in [5.41, 5.74) is 8.14. The fraction of sp³-hybridized carbons (Fsp3) is 0.429. The normalized spacial score (nSPS) is 15.3. The zero-order valence-corrected chi connectivity index (χ0v) is 11.0. The molecule has 18 heavy (non-hydrogen) atoms. The quantitative estimate of drug-likeness (QED) is 0.825. The van der Waals surface area contributed by atoms with Crippen molar-refractivity contribution in [2.24, 2.45) is 5.73 Å². The van der Waals surface area contributed by atoms with Crippen molar-refractivity contribution in [2.75, 3.05) is 38.8 Å². The number of methoxy groups -OCH3 is 2. The van der Waals surface area contributed by atoms with Crippen LogP contribution in [-0.4, -0.2) is 33.9 Å². The Morgan fingerprint density at radius 3 is 2.56 bits per heavy atom. The van der Waals surface area contributed by atoms with Gasteiger partial charge in [-0.25, -0.2) is 0 Å². The van der Waals surface area contributed by atoms with Crippen LogP contribution in [0.4, 0.5) is 5.69 Å². The van der Waals surface area contributed by atoms with Gasteiger partial charge in [0.25, 0.3) is 0 Å². The molecule has 4 nitrogen and oxygen atoms in total. The van der Waals surface area contributed by atoms with Gasteiger partial charge < -0.3 is 20.1 Å². The first kappa shape index (κ1) is 12.8. The van der Waals surface area contributed by atoms with E-state index in [2.05, 4.69) is 17.0 Å². The Balaban J connectivity index is 2.17. The Hall–Kier alpha value is -1.68. The maximum absolute atomic E-state index is 5.65. The number of nitrogens with two attached hydrogens (primary N) is 1. The Kier molecular flexibility index (Phi) is 4.10. The summed E-state index contributed by atoms with van der Waals surface area (Å²) in [6.45, 7) is 2.57. The second kappa shape index (κ2) is 5.78. The van der Waals surface area contributed by atoms with E-state index in [0.717, 1.165) is 36.7 Å². The van der Waals surface area contributed by atoms with E-state index in [0.29, 0.717) is 6.54 Å². The molecule has 0 radical (unpaired) electrons. The van der Waals surface area contributed by atoms with E-state index in [-0.39, 0.29) is 0 Å². The predicted molar refractivity (Wildman–Crippen MR) is 73.5 cm³/mol. The van der Waals surface area contributed by atoms with Gasteiger partial charge >= 0.3 is 0 Å². The number of hydrogen-bond donors (Lipinski definition) is 1. The number of ether oxygens (including phenoxy) is 2. The lowest BCUT2D eigenvalue weighted by Gasteiger charge is -2.28. The lowest BCUT2D eigenvalue weighted by atomic mass is 10.1. The Labute approximate surface area is 108 Å². The molecule has 2 rings (SSSR count). The molecule has 0 saturated carbocycles. The van der Waals surface area contributed by atoms with Gasteiger partial charge in [-0.2, -0.15) is 0 Å². The summed E-state index contributed by atoms with van der Waals surface area (Å²) in [6.07, 6.45) is 3.24. The average molecular weight is 248 g/mol. The molecule has 0 spiro atoms. The average Bonchev–Trinajstić information content (AvgIpc) is 2.46. The van der Waals surface area contributed by atoms with E-state index in [1.165, 1.54) is 5.57 Å². The second-order valence-electron chi connectivity index (χ2n) is 4.30. The van der Waals surface area contributed by atoms with Crippen molar-refractivity contribution < 1.29 is 9.47 Å². The largest absolute Gasteiger partial charge is 0.493 e. The number of hydrogen-bond acceptors (Lipinski definition) is 4. The molecule has 1 aliphatic rings. The minimum Gasteiger partial charge on any atom is -0.493 e. The molecule has 0 aromatic heterocycles. The van der Waals surface area contributed by atoms with Crippen molar-refractivity contribution in [3.05, 3.63) is 29.8 Å². The van der Waals surface area contributed by atoms with Crippen molar-refractivity contribution in [1.29, 1.82) is 0 Å². The van der Waals surface area contributed by atoms with Crippen LogP contribution in [0.25, 0.3) is 0 Å². The summed E-state index contributed by atoms with van der Waals surface area (Å²) in [6, 6.07) is 6.01. The molecule has 0 bridgehead atoms. The monoisotopic (exact) mass is 248 g/mol. The van der Waals surface area contributed by atoms with Crippen LogP contribution < -0.4 is 20.1 Å². The number of benzene rings is 1. The summed E-state index contributed by atoms with van der Waals surface area (Å²) in [4.78, 5) is 2.31. The van der Waals surface area contributed by atoms with Crippen molar-refractivity contribution >= 4 is 5.69 Å². The van der Waals surface area contributed by atoms with E-state index < -0.39 is 0 Å². The summed E-state index contributed by atoms with van der Waals surface area (Å²) >= 11 is 0. The molecule has 0 aliphatic carbocycles. The molecule has 0 amide bonds. The van der Waals surface area contributed by atoms with Gasteiger partial charge in [0, 0.05) is 31.4 Å². The highest BCUT2D eigenvalue weighted by atomic mass is 16.5. The van der Waals surface area contributed by atoms with Crippen LogP contribution in [0.3, 0.4) is 0 Å². The highest BCUT2D eigenvalue weighted by molar-refractivity contribution is 5.57. The molecule has 0 unspecified atom stereocenters. The van der Waals surface area contributed by atoms with Crippen molar-refractivity contribution in [2.45, 2.75) is 6.42 Å². The standard InChI is InChI=1S/C14H20N2O2/c1-17-13-4-3-12(9-14(13)18-2)16-7-5-11(10-15)6-8-16/h3-5,9H,6-8,10,15H2,1-2H3. The zero-order chi connectivity index (χ0) is 13.0. The van der Waals surface area contributed by atoms with Crippen LogP contribution >= 0.6 is 0 Å². The first-order valence-corrected chi connectivity index (χ1v) is 6.13. The summed E-state index contributed by atoms with van der Waals surface area (Å²) in [5.74, 6) is 1.53. The third-order valence-corrected chi connectivity index (χ3v) is 3.30. The predicted octanol–water partition coefficient (Wildman–Crippen LogP) is 1.80. The summed E-state index contributed by atoms with van der Waals surface area (Å²) in [7, 11) is 3.30. The number of nitrogens with zero attached hydrogens (tertiary/aromatic N) is 1. The molecule has 1 aromatic rings. The maximum atomic E-state index is 5.65. The van der Waals surface area contributed by atoms with Crippen LogP contribution in [0.5, 0.6) is 11.5 Å². The molecular weight excluding hydrogens is 228 g/mol. The van der Waals surface area contributed by atoms with Crippen LogP contribution in [0.2, 0.25) is 0 Å². The van der Waals surface area contributed by atoms with Crippen molar-refractivity contribution in [1.82, 2.24) is 0 Å². The Morgan fingerprint density at radius 1 is 1.22 bits per heavy atom. The van der Waals surface area contributed by atoms with Crippen molar-refractivity contribution in [3.63, 3.8) is 0 Å². The molecule has 2 N–H and O–H groups in total. The van der Waals surface area contributed by atoms with Crippen LogP contribution in [-0.2, 0) is 0 Å². The van der Waals surface area contributed by atoms with Gasteiger partial charge in [-0.05, 0) is 18.6 Å². The van der Waals surface area contributed by atoms with Gasteiger partial charge in [0.2, 0.25) is 0 Å². The minimum absolute atomic E-state index is 0.666. The number of rotatable bonds is 4. The molecule has 98 valence electrons. The molecule has 1 aliphatic heterocycles. The van der Waals surface area contributed by atoms with E-state index in [1.807, 2.05) is 12.1 Å². The molecule has 0 fully saturated rings. The van der Waals surface area contributed by atoms with Gasteiger partial charge in [-0.3, -0.25) is 0 Å². The Morgan fingerprint density at radius 2 is 2.00 bits per heavy atom. The van der Waals surface area contributed by atoms with Crippen molar-refractivity contribution in [3.8, 4) is 11.5 Å². The van der Waals surface area contributed by atoms with Crippen LogP contribution in [0.15, 0.2) is 29.8 Å². The van der Waals surface area contributed by atoms with Gasteiger partial charge in [0.15, 0.2) is 11.5 Å².